The molecule has 2 rings (SSSR count). The Morgan fingerprint density at radius 1 is 1.42 bits per heavy atom. The maximum Gasteiger partial charge on any atom is 0.413 e. The molecular weight excluding hydrogens is 391 g/mol. The molecule has 0 radical (unpaired) electrons. The molecule has 0 fully saturated rings. The number of ether oxygens (including phenoxy) is 2. The van der Waals surface area contributed by atoms with E-state index in [1.807, 2.05) is 39.8 Å². The molecular formula is C17H27N2O4PS2. The van der Waals surface area contributed by atoms with Crippen molar-refractivity contribution < 1.29 is 18.8 Å². The van der Waals surface area contributed by atoms with Gasteiger partial charge in [-0.05, 0) is 33.0 Å². The number of para-hydroxylation sites is 1. The van der Waals surface area contributed by atoms with Gasteiger partial charge in [-0.3, -0.25) is 4.72 Å². The summed E-state index contributed by atoms with van der Waals surface area (Å²) in [6.07, 6.45) is -0.0470. The highest BCUT2D eigenvalue weighted by molar-refractivity contribution is 8.12. The van der Waals surface area contributed by atoms with Crippen molar-refractivity contribution in [1.82, 2.24) is 10.0 Å². The van der Waals surface area contributed by atoms with Crippen molar-refractivity contribution in [2.75, 3.05) is 24.9 Å². The van der Waals surface area contributed by atoms with Gasteiger partial charge in [0.15, 0.2) is 11.5 Å². The molecule has 1 aromatic carbocycles. The molecule has 1 heterocycles. The molecule has 6 nitrogen and oxygen atoms in total. The van der Waals surface area contributed by atoms with E-state index in [9.17, 15) is 4.79 Å². The Kier molecular flexibility index (Phi) is 7.79. The summed E-state index contributed by atoms with van der Waals surface area (Å²) in [5, 5.41) is 2.70. The Hall–Kier alpha value is -0.790. The third kappa shape index (κ3) is 6.13. The van der Waals surface area contributed by atoms with Crippen molar-refractivity contribution in [1.29, 1.82) is 0 Å². The Balaban J connectivity index is 1.76. The highest BCUT2D eigenvalue weighted by Crippen LogP contribution is 2.45. The number of rotatable bonds is 9. The summed E-state index contributed by atoms with van der Waals surface area (Å²) in [6.45, 7) is 8.65. The third-order valence-electron chi connectivity index (χ3n) is 3.80. The number of fused-ring (bicyclic) bond motifs is 1. The van der Waals surface area contributed by atoms with E-state index in [-0.39, 0.29) is 5.60 Å². The number of benzene rings is 1. The van der Waals surface area contributed by atoms with E-state index in [0.29, 0.717) is 30.3 Å². The molecule has 1 aliphatic rings. The first-order valence-electron chi connectivity index (χ1n) is 8.62. The number of hydrogen-bond acceptors (Lipinski definition) is 7. The SMILES string of the molecule is CCOP(=S)(CC)CNSCNC(=O)Oc1cccc2c1OC(C)(C)C2. The monoisotopic (exact) mass is 418 g/mol. The van der Waals surface area contributed by atoms with Crippen LogP contribution in [0.15, 0.2) is 18.2 Å². The predicted molar refractivity (Wildman–Crippen MR) is 111 cm³/mol. The first-order valence-corrected chi connectivity index (χ1v) is 12.7. The van der Waals surface area contributed by atoms with Gasteiger partial charge in [0.1, 0.15) is 5.60 Å². The lowest BCUT2D eigenvalue weighted by atomic mass is 10.0. The minimum Gasteiger partial charge on any atom is -0.483 e. The molecule has 0 spiro atoms. The topological polar surface area (TPSA) is 68.8 Å². The maximum atomic E-state index is 12.0. The predicted octanol–water partition coefficient (Wildman–Crippen LogP) is 4.09. The van der Waals surface area contributed by atoms with Crippen molar-refractivity contribution in [3.8, 4) is 11.5 Å². The van der Waals surface area contributed by atoms with Crippen molar-refractivity contribution in [3.63, 3.8) is 0 Å². The molecule has 1 unspecified atom stereocenters. The standard InChI is InChI=1S/C17H27N2O4PS2/c1-5-21-24(25,6-2)11-19-26-12-18-16(20)22-14-9-7-8-13-10-17(3,4)23-15(13)14/h7-9,19H,5-6,10-12H2,1-4H3,(H,18,20). The van der Waals surface area contributed by atoms with E-state index in [1.165, 1.54) is 11.9 Å². The second-order valence-electron chi connectivity index (χ2n) is 6.49. The molecule has 146 valence electrons. The van der Waals surface area contributed by atoms with Gasteiger partial charge in [-0.1, -0.05) is 42.8 Å². The molecule has 1 amide bonds. The summed E-state index contributed by atoms with van der Waals surface area (Å²) in [5.41, 5.74) is 0.773. The fraction of sp³-hybridized carbons (Fsp3) is 0.588. The highest BCUT2D eigenvalue weighted by Gasteiger charge is 2.32. The third-order valence-corrected chi connectivity index (χ3v) is 8.46. The Bertz CT molecular complexity index is 685. The first-order chi connectivity index (χ1) is 12.3. The molecule has 0 saturated carbocycles. The van der Waals surface area contributed by atoms with Gasteiger partial charge in [-0.25, -0.2) is 4.79 Å². The smallest absolute Gasteiger partial charge is 0.413 e. The van der Waals surface area contributed by atoms with Gasteiger partial charge in [0, 0.05) is 18.6 Å². The maximum absolute atomic E-state index is 12.0. The van der Waals surface area contributed by atoms with E-state index in [1.54, 1.807) is 6.07 Å². The molecule has 1 aromatic rings. The van der Waals surface area contributed by atoms with Gasteiger partial charge in [0.05, 0.1) is 18.4 Å². The van der Waals surface area contributed by atoms with Gasteiger partial charge in [0.25, 0.3) is 0 Å². The summed E-state index contributed by atoms with van der Waals surface area (Å²) in [5.74, 6) is 1.46. The van der Waals surface area contributed by atoms with Crippen LogP contribution in [0.5, 0.6) is 11.5 Å². The zero-order valence-electron chi connectivity index (χ0n) is 15.7. The van der Waals surface area contributed by atoms with E-state index in [2.05, 4.69) is 10.0 Å². The normalized spacial score (nSPS) is 17.1. The van der Waals surface area contributed by atoms with Crippen molar-refractivity contribution >= 4 is 36.1 Å². The van der Waals surface area contributed by atoms with Crippen LogP contribution in [0.3, 0.4) is 0 Å². The minimum atomic E-state index is -1.80. The van der Waals surface area contributed by atoms with Gasteiger partial charge in [-0.15, -0.1) is 0 Å². The van der Waals surface area contributed by atoms with E-state index < -0.39 is 12.4 Å². The van der Waals surface area contributed by atoms with Crippen LogP contribution >= 0.6 is 18.2 Å². The largest absolute Gasteiger partial charge is 0.483 e. The summed E-state index contributed by atoms with van der Waals surface area (Å²) >= 11 is 6.91. The van der Waals surface area contributed by atoms with Crippen molar-refractivity contribution in [2.24, 2.45) is 0 Å². The molecule has 0 aliphatic carbocycles. The summed E-state index contributed by atoms with van der Waals surface area (Å²) < 4.78 is 20.1. The van der Waals surface area contributed by atoms with Crippen LogP contribution in [0.4, 0.5) is 4.79 Å². The number of nitrogens with one attached hydrogen (secondary N) is 2. The van der Waals surface area contributed by atoms with Crippen molar-refractivity contribution in [2.45, 2.75) is 39.7 Å². The molecule has 0 saturated heterocycles. The first kappa shape index (κ1) is 21.5. The number of carbonyl (C=O) groups is 1. The molecule has 2 N–H and O–H groups in total. The second kappa shape index (κ2) is 9.42. The lowest BCUT2D eigenvalue weighted by Gasteiger charge is -2.20. The fourth-order valence-electron chi connectivity index (χ4n) is 2.58. The van der Waals surface area contributed by atoms with Crippen molar-refractivity contribution in [3.05, 3.63) is 23.8 Å². The fourth-order valence-corrected chi connectivity index (χ4v) is 5.78. The molecule has 1 aliphatic heterocycles. The summed E-state index contributed by atoms with van der Waals surface area (Å²) in [7, 11) is 0. The zero-order chi connectivity index (χ0) is 19.2. The van der Waals surface area contributed by atoms with Crippen LogP contribution < -0.4 is 19.5 Å². The summed E-state index contributed by atoms with van der Waals surface area (Å²) in [6, 6.07) is 5.60. The van der Waals surface area contributed by atoms with Gasteiger partial charge in [-0.2, -0.15) is 0 Å². The summed E-state index contributed by atoms with van der Waals surface area (Å²) in [4.78, 5) is 12.0. The van der Waals surface area contributed by atoms with Crippen LogP contribution in [0.25, 0.3) is 0 Å². The van der Waals surface area contributed by atoms with Crippen LogP contribution in [0.2, 0.25) is 0 Å². The van der Waals surface area contributed by atoms with Gasteiger partial charge in [0.2, 0.25) is 0 Å². The molecule has 1 atom stereocenters. The Morgan fingerprint density at radius 3 is 2.88 bits per heavy atom. The molecule has 0 aromatic heterocycles. The van der Waals surface area contributed by atoms with Crippen LogP contribution in [-0.4, -0.2) is 36.6 Å². The number of carbonyl (C=O) groups excluding carboxylic acids is 1. The van der Waals surface area contributed by atoms with E-state index in [4.69, 9.17) is 25.8 Å². The molecule has 26 heavy (non-hydrogen) atoms. The lowest BCUT2D eigenvalue weighted by molar-refractivity contribution is 0.133. The zero-order valence-corrected chi connectivity index (χ0v) is 18.2. The average Bonchev–Trinajstić information content (AvgIpc) is 2.90. The quantitative estimate of drug-likeness (QED) is 0.271. The van der Waals surface area contributed by atoms with Crippen LogP contribution in [0, 0.1) is 0 Å². The minimum absolute atomic E-state index is 0.280. The molecule has 0 bridgehead atoms. The van der Waals surface area contributed by atoms with Crippen LogP contribution in [0.1, 0.15) is 33.3 Å². The van der Waals surface area contributed by atoms with Gasteiger partial charge < -0.3 is 19.3 Å². The lowest BCUT2D eigenvalue weighted by Crippen LogP contribution is -2.28. The van der Waals surface area contributed by atoms with Gasteiger partial charge >= 0.3 is 6.09 Å². The Labute approximate surface area is 165 Å². The van der Waals surface area contributed by atoms with E-state index in [0.717, 1.165) is 18.1 Å². The number of hydrogen-bond donors (Lipinski definition) is 2. The van der Waals surface area contributed by atoms with E-state index >= 15 is 0 Å². The van der Waals surface area contributed by atoms with Crippen LogP contribution in [-0.2, 0) is 22.8 Å². The highest BCUT2D eigenvalue weighted by atomic mass is 32.4. The molecule has 9 heteroatoms. The number of amides is 1. The second-order valence-corrected chi connectivity index (χ2v) is 12.2. The average molecular weight is 419 g/mol. The Morgan fingerprint density at radius 2 is 2.19 bits per heavy atom.